The third kappa shape index (κ3) is 2.60. The van der Waals surface area contributed by atoms with Crippen molar-refractivity contribution in [1.29, 1.82) is 0 Å². The van der Waals surface area contributed by atoms with Crippen LogP contribution in [0, 0.1) is 0 Å². The van der Waals surface area contributed by atoms with Crippen molar-refractivity contribution in [2.24, 2.45) is 5.10 Å². The number of hydrogen-bond donors (Lipinski definition) is 1. The lowest BCUT2D eigenvalue weighted by atomic mass is 10.2. The van der Waals surface area contributed by atoms with Crippen molar-refractivity contribution in [2.45, 2.75) is 0 Å². The van der Waals surface area contributed by atoms with E-state index in [0.717, 1.165) is 16.3 Å². The maximum absolute atomic E-state index is 6.05. The Morgan fingerprint density at radius 1 is 1.05 bits per heavy atom. The minimum atomic E-state index is 0.617. The molecule has 2 aromatic carbocycles. The molecule has 0 aliphatic heterocycles. The van der Waals surface area contributed by atoms with E-state index in [1.807, 2.05) is 48.5 Å². The lowest BCUT2D eigenvalue weighted by Crippen LogP contribution is -1.96. The number of hydrogen-bond acceptors (Lipinski definition) is 4. The molecule has 0 atom stereocenters. The van der Waals surface area contributed by atoms with Crippen molar-refractivity contribution in [3.05, 3.63) is 65.3 Å². The van der Waals surface area contributed by atoms with Gasteiger partial charge in [0.2, 0.25) is 0 Å². The monoisotopic (exact) mass is 282 g/mol. The van der Waals surface area contributed by atoms with Gasteiger partial charge >= 0.3 is 0 Å². The van der Waals surface area contributed by atoms with E-state index in [9.17, 15) is 0 Å². The molecule has 4 nitrogen and oxygen atoms in total. The zero-order valence-corrected chi connectivity index (χ0v) is 11.2. The number of fused-ring (bicyclic) bond motifs is 1. The topological polar surface area (TPSA) is 50.2 Å². The van der Waals surface area contributed by atoms with Crippen molar-refractivity contribution in [2.75, 3.05) is 5.43 Å². The lowest BCUT2D eigenvalue weighted by molar-refractivity contribution is 1.04. The molecule has 1 N–H and O–H groups in total. The van der Waals surface area contributed by atoms with Crippen LogP contribution >= 0.6 is 11.6 Å². The summed E-state index contributed by atoms with van der Waals surface area (Å²) in [7, 11) is 0. The van der Waals surface area contributed by atoms with Gasteiger partial charge in [-0.1, -0.05) is 54.1 Å². The molecule has 98 valence electrons. The SMILES string of the molecule is Clc1ccccc1C=NNc1nncc2ccccc12. The van der Waals surface area contributed by atoms with E-state index in [-0.39, 0.29) is 0 Å². The van der Waals surface area contributed by atoms with Gasteiger partial charge in [0, 0.05) is 21.4 Å². The van der Waals surface area contributed by atoms with Crippen LogP contribution in [0.2, 0.25) is 5.02 Å². The Bertz CT molecular complexity index is 765. The summed E-state index contributed by atoms with van der Waals surface area (Å²) in [5, 5.41) is 14.8. The predicted octanol–water partition coefficient (Wildman–Crippen LogP) is 3.73. The molecular weight excluding hydrogens is 272 g/mol. The Balaban J connectivity index is 1.86. The highest BCUT2D eigenvalue weighted by Gasteiger charge is 2.01. The number of nitrogens with one attached hydrogen (secondary N) is 1. The molecule has 3 rings (SSSR count). The number of benzene rings is 2. The highest BCUT2D eigenvalue weighted by atomic mass is 35.5. The Morgan fingerprint density at radius 3 is 2.75 bits per heavy atom. The van der Waals surface area contributed by atoms with Crippen molar-refractivity contribution in [1.82, 2.24) is 10.2 Å². The molecule has 0 bridgehead atoms. The molecule has 0 saturated heterocycles. The summed E-state index contributed by atoms with van der Waals surface area (Å²) >= 11 is 6.05. The van der Waals surface area contributed by atoms with Crippen molar-refractivity contribution < 1.29 is 0 Å². The van der Waals surface area contributed by atoms with Gasteiger partial charge in [-0.25, -0.2) is 0 Å². The second kappa shape index (κ2) is 5.67. The van der Waals surface area contributed by atoms with Gasteiger partial charge in [-0.05, 0) is 6.07 Å². The van der Waals surface area contributed by atoms with E-state index < -0.39 is 0 Å². The maximum atomic E-state index is 6.05. The number of halogens is 1. The summed E-state index contributed by atoms with van der Waals surface area (Å²) in [6.07, 6.45) is 3.38. The van der Waals surface area contributed by atoms with Crippen LogP contribution in [0.25, 0.3) is 10.8 Å². The highest BCUT2D eigenvalue weighted by Crippen LogP contribution is 2.19. The number of rotatable bonds is 3. The summed E-state index contributed by atoms with van der Waals surface area (Å²) in [5.74, 6) is 0.617. The standard InChI is InChI=1S/C15H11ClN4/c16-14-8-4-2-6-12(14)10-18-20-15-13-7-3-1-5-11(13)9-17-19-15/h1-10H,(H,19,20). The molecule has 1 heterocycles. The smallest absolute Gasteiger partial charge is 0.176 e. The fourth-order valence-corrected chi connectivity index (χ4v) is 2.04. The summed E-state index contributed by atoms with van der Waals surface area (Å²) < 4.78 is 0. The van der Waals surface area contributed by atoms with Crippen LogP contribution in [0.15, 0.2) is 59.8 Å². The van der Waals surface area contributed by atoms with Gasteiger partial charge in [0.05, 0.1) is 12.4 Å². The van der Waals surface area contributed by atoms with Gasteiger partial charge in [-0.15, -0.1) is 5.10 Å². The molecule has 0 saturated carbocycles. The minimum absolute atomic E-state index is 0.617. The number of anilines is 1. The lowest BCUT2D eigenvalue weighted by Gasteiger charge is -2.03. The molecule has 0 fully saturated rings. The fraction of sp³-hybridized carbons (Fsp3) is 0. The second-order valence-electron chi connectivity index (χ2n) is 4.17. The van der Waals surface area contributed by atoms with Crippen LogP contribution in [0.5, 0.6) is 0 Å². The van der Waals surface area contributed by atoms with Crippen LogP contribution in [0.3, 0.4) is 0 Å². The Morgan fingerprint density at radius 2 is 1.85 bits per heavy atom. The first-order chi connectivity index (χ1) is 9.84. The van der Waals surface area contributed by atoms with Gasteiger partial charge in [0.25, 0.3) is 0 Å². The average Bonchev–Trinajstić information content (AvgIpc) is 2.49. The first kappa shape index (κ1) is 12.6. The summed E-state index contributed by atoms with van der Waals surface area (Å²) in [6.45, 7) is 0. The maximum Gasteiger partial charge on any atom is 0.176 e. The normalized spacial score (nSPS) is 11.1. The van der Waals surface area contributed by atoms with Crippen molar-refractivity contribution in [3.63, 3.8) is 0 Å². The highest BCUT2D eigenvalue weighted by molar-refractivity contribution is 6.33. The van der Waals surface area contributed by atoms with E-state index in [1.165, 1.54) is 0 Å². The molecule has 0 aliphatic rings. The molecule has 0 aliphatic carbocycles. The molecular formula is C15H11ClN4. The molecule has 5 heteroatoms. The quantitative estimate of drug-likeness (QED) is 0.588. The molecule has 0 amide bonds. The van der Waals surface area contributed by atoms with Crippen LogP contribution in [-0.4, -0.2) is 16.4 Å². The van der Waals surface area contributed by atoms with Gasteiger partial charge in [0.1, 0.15) is 0 Å². The Hall–Kier alpha value is -2.46. The van der Waals surface area contributed by atoms with Gasteiger partial charge in [-0.2, -0.15) is 10.2 Å². The minimum Gasteiger partial charge on any atom is -0.259 e. The van der Waals surface area contributed by atoms with E-state index in [0.29, 0.717) is 10.8 Å². The number of hydrazone groups is 1. The van der Waals surface area contributed by atoms with Crippen LogP contribution in [0.4, 0.5) is 5.82 Å². The molecule has 0 unspecified atom stereocenters. The van der Waals surface area contributed by atoms with Gasteiger partial charge < -0.3 is 0 Å². The zero-order valence-electron chi connectivity index (χ0n) is 10.5. The van der Waals surface area contributed by atoms with Gasteiger partial charge in [-0.3, -0.25) is 5.43 Å². The van der Waals surface area contributed by atoms with Crippen molar-refractivity contribution >= 4 is 34.4 Å². The van der Waals surface area contributed by atoms with E-state index in [1.54, 1.807) is 12.4 Å². The molecule has 1 aromatic heterocycles. The first-order valence-electron chi connectivity index (χ1n) is 6.08. The molecule has 3 aromatic rings. The largest absolute Gasteiger partial charge is 0.259 e. The first-order valence-corrected chi connectivity index (χ1v) is 6.46. The molecule has 20 heavy (non-hydrogen) atoms. The third-order valence-electron chi connectivity index (χ3n) is 2.85. The Kier molecular flexibility index (Phi) is 3.56. The van der Waals surface area contributed by atoms with Crippen molar-refractivity contribution in [3.8, 4) is 0 Å². The van der Waals surface area contributed by atoms with Gasteiger partial charge in [0.15, 0.2) is 5.82 Å². The molecule has 0 radical (unpaired) electrons. The number of aromatic nitrogens is 2. The predicted molar refractivity (Wildman–Crippen MR) is 82.2 cm³/mol. The summed E-state index contributed by atoms with van der Waals surface area (Å²) in [5.41, 5.74) is 3.74. The van der Waals surface area contributed by atoms with E-state index >= 15 is 0 Å². The van der Waals surface area contributed by atoms with Crippen LogP contribution in [-0.2, 0) is 0 Å². The zero-order chi connectivity index (χ0) is 13.8. The fourth-order valence-electron chi connectivity index (χ4n) is 1.85. The summed E-state index contributed by atoms with van der Waals surface area (Å²) in [4.78, 5) is 0. The van der Waals surface area contributed by atoms with Crippen LogP contribution in [0.1, 0.15) is 5.56 Å². The summed E-state index contributed by atoms with van der Waals surface area (Å²) in [6, 6.07) is 15.4. The molecule has 0 spiro atoms. The Labute approximate surface area is 121 Å². The van der Waals surface area contributed by atoms with E-state index in [2.05, 4.69) is 20.7 Å². The second-order valence-corrected chi connectivity index (χ2v) is 4.58. The van der Waals surface area contributed by atoms with E-state index in [4.69, 9.17) is 11.6 Å². The van der Waals surface area contributed by atoms with Crippen LogP contribution < -0.4 is 5.43 Å². The third-order valence-corrected chi connectivity index (χ3v) is 3.19. The number of nitrogens with zero attached hydrogens (tertiary/aromatic N) is 3. The average molecular weight is 283 g/mol.